The Morgan fingerprint density at radius 3 is 2.48 bits per heavy atom. The van der Waals surface area contributed by atoms with E-state index in [2.05, 4.69) is 10.2 Å². The van der Waals surface area contributed by atoms with Crippen molar-refractivity contribution in [3.63, 3.8) is 0 Å². The molecule has 0 amide bonds. The second kappa shape index (κ2) is 8.02. The summed E-state index contributed by atoms with van der Waals surface area (Å²) >= 11 is 1.44. The number of rotatable bonds is 7. The molecule has 0 bridgehead atoms. The maximum atomic E-state index is 13.7. The van der Waals surface area contributed by atoms with Gasteiger partial charge in [-0.2, -0.15) is 0 Å². The summed E-state index contributed by atoms with van der Waals surface area (Å²) in [4.78, 5) is 0. The third-order valence-corrected chi connectivity index (χ3v) is 4.74. The van der Waals surface area contributed by atoms with Crippen molar-refractivity contribution in [1.82, 2.24) is 14.8 Å². The summed E-state index contributed by atoms with van der Waals surface area (Å²) in [5, 5.41) is 9.02. The van der Waals surface area contributed by atoms with Gasteiger partial charge in [0.05, 0.1) is 7.11 Å². The van der Waals surface area contributed by atoms with Gasteiger partial charge in [0, 0.05) is 12.8 Å². The van der Waals surface area contributed by atoms with Crippen molar-refractivity contribution in [2.24, 2.45) is 7.05 Å². The van der Waals surface area contributed by atoms with E-state index in [0.717, 1.165) is 16.7 Å². The molecule has 130 valence electrons. The van der Waals surface area contributed by atoms with Gasteiger partial charge in [0.25, 0.3) is 0 Å². The number of hydrogen-bond donors (Lipinski definition) is 0. The Hall–Kier alpha value is -2.54. The highest BCUT2D eigenvalue weighted by Gasteiger charge is 2.11. The zero-order valence-electron chi connectivity index (χ0n) is 14.0. The Morgan fingerprint density at radius 2 is 1.76 bits per heavy atom. The van der Waals surface area contributed by atoms with Gasteiger partial charge in [0.1, 0.15) is 23.9 Å². The Labute approximate surface area is 149 Å². The highest BCUT2D eigenvalue weighted by molar-refractivity contribution is 7.98. The number of ether oxygens (including phenoxy) is 2. The molecular formula is C18H18FN3O2S. The van der Waals surface area contributed by atoms with E-state index in [9.17, 15) is 4.39 Å². The smallest absolute Gasteiger partial charge is 0.191 e. The molecule has 0 radical (unpaired) electrons. The van der Waals surface area contributed by atoms with Crippen molar-refractivity contribution in [1.29, 1.82) is 0 Å². The Bertz CT molecular complexity index is 837. The molecule has 1 heterocycles. The fraction of sp³-hybridized carbons (Fsp3) is 0.222. The maximum absolute atomic E-state index is 13.7. The van der Waals surface area contributed by atoms with Crippen molar-refractivity contribution < 1.29 is 13.9 Å². The zero-order chi connectivity index (χ0) is 17.6. The SMILES string of the molecule is COc1ccc(OCc2nnc(SCc3ccccc3F)n2C)cc1. The predicted molar refractivity (Wildman–Crippen MR) is 94.3 cm³/mol. The fourth-order valence-corrected chi connectivity index (χ4v) is 3.09. The maximum Gasteiger partial charge on any atom is 0.191 e. The molecule has 3 aromatic rings. The molecule has 0 saturated carbocycles. The molecule has 0 fully saturated rings. The van der Waals surface area contributed by atoms with Gasteiger partial charge in [-0.15, -0.1) is 10.2 Å². The third-order valence-electron chi connectivity index (χ3n) is 3.67. The first-order valence-electron chi connectivity index (χ1n) is 7.68. The molecule has 0 aliphatic carbocycles. The van der Waals surface area contributed by atoms with Crippen LogP contribution in [0.4, 0.5) is 4.39 Å². The molecule has 0 N–H and O–H groups in total. The predicted octanol–water partition coefficient (Wildman–Crippen LogP) is 3.83. The van der Waals surface area contributed by atoms with Crippen LogP contribution in [0.5, 0.6) is 11.5 Å². The minimum absolute atomic E-state index is 0.208. The summed E-state index contributed by atoms with van der Waals surface area (Å²) < 4.78 is 26.4. The molecule has 0 atom stereocenters. The molecule has 0 saturated heterocycles. The summed E-state index contributed by atoms with van der Waals surface area (Å²) in [5.74, 6) is 2.49. The Morgan fingerprint density at radius 1 is 1.04 bits per heavy atom. The normalized spacial score (nSPS) is 10.7. The van der Waals surface area contributed by atoms with Crippen molar-refractivity contribution in [2.75, 3.05) is 7.11 Å². The van der Waals surface area contributed by atoms with E-state index in [4.69, 9.17) is 9.47 Å². The first-order valence-corrected chi connectivity index (χ1v) is 8.67. The minimum Gasteiger partial charge on any atom is -0.497 e. The molecule has 7 heteroatoms. The quantitative estimate of drug-likeness (QED) is 0.600. The number of methoxy groups -OCH3 is 1. The van der Waals surface area contributed by atoms with Gasteiger partial charge in [-0.3, -0.25) is 0 Å². The van der Waals surface area contributed by atoms with Crippen molar-refractivity contribution >= 4 is 11.8 Å². The van der Waals surface area contributed by atoms with Crippen LogP contribution in [0.1, 0.15) is 11.4 Å². The van der Waals surface area contributed by atoms with E-state index in [0.29, 0.717) is 23.7 Å². The summed E-state index contributed by atoms with van der Waals surface area (Å²) in [6, 6.07) is 14.1. The van der Waals surface area contributed by atoms with E-state index >= 15 is 0 Å². The summed E-state index contributed by atoms with van der Waals surface area (Å²) in [6.07, 6.45) is 0. The summed E-state index contributed by atoms with van der Waals surface area (Å²) in [6.45, 7) is 0.302. The average Bonchev–Trinajstić information content (AvgIpc) is 2.99. The highest BCUT2D eigenvalue weighted by Crippen LogP contribution is 2.23. The van der Waals surface area contributed by atoms with Gasteiger partial charge in [-0.25, -0.2) is 4.39 Å². The Balaban J connectivity index is 1.59. The van der Waals surface area contributed by atoms with Crippen LogP contribution in [0, 0.1) is 5.82 Å². The van der Waals surface area contributed by atoms with Gasteiger partial charge in [-0.05, 0) is 35.9 Å². The lowest BCUT2D eigenvalue weighted by Crippen LogP contribution is -2.04. The number of benzene rings is 2. The second-order valence-corrected chi connectivity index (χ2v) is 6.24. The monoisotopic (exact) mass is 359 g/mol. The van der Waals surface area contributed by atoms with Gasteiger partial charge in [0.15, 0.2) is 11.0 Å². The lowest BCUT2D eigenvalue weighted by atomic mass is 10.2. The third kappa shape index (κ3) is 4.30. The van der Waals surface area contributed by atoms with E-state index in [1.807, 2.05) is 41.9 Å². The number of thioether (sulfide) groups is 1. The molecule has 0 aliphatic heterocycles. The summed E-state index contributed by atoms with van der Waals surface area (Å²) in [5.41, 5.74) is 0.645. The van der Waals surface area contributed by atoms with E-state index in [1.165, 1.54) is 17.8 Å². The summed E-state index contributed by atoms with van der Waals surface area (Å²) in [7, 11) is 3.49. The van der Waals surface area contributed by atoms with Crippen LogP contribution in [-0.2, 0) is 19.4 Å². The number of halogens is 1. The zero-order valence-corrected chi connectivity index (χ0v) is 14.8. The molecule has 25 heavy (non-hydrogen) atoms. The van der Waals surface area contributed by atoms with Crippen LogP contribution < -0.4 is 9.47 Å². The minimum atomic E-state index is -0.208. The van der Waals surface area contributed by atoms with E-state index < -0.39 is 0 Å². The topological polar surface area (TPSA) is 49.2 Å². The fourth-order valence-electron chi connectivity index (χ4n) is 2.17. The molecule has 1 aromatic heterocycles. The molecule has 5 nitrogen and oxygen atoms in total. The number of aromatic nitrogens is 3. The van der Waals surface area contributed by atoms with Crippen molar-refractivity contribution in [3.8, 4) is 11.5 Å². The van der Waals surface area contributed by atoms with Crippen LogP contribution in [0.2, 0.25) is 0 Å². The molecule has 0 aliphatic rings. The molecule has 0 spiro atoms. The molecule has 2 aromatic carbocycles. The largest absolute Gasteiger partial charge is 0.497 e. The lowest BCUT2D eigenvalue weighted by molar-refractivity contribution is 0.290. The number of nitrogens with zero attached hydrogens (tertiary/aromatic N) is 3. The van der Waals surface area contributed by atoms with E-state index in [-0.39, 0.29) is 5.82 Å². The van der Waals surface area contributed by atoms with Gasteiger partial charge in [-0.1, -0.05) is 30.0 Å². The lowest BCUT2D eigenvalue weighted by Gasteiger charge is -2.07. The highest BCUT2D eigenvalue weighted by atomic mass is 32.2. The van der Waals surface area contributed by atoms with Gasteiger partial charge in [0.2, 0.25) is 0 Å². The average molecular weight is 359 g/mol. The second-order valence-electron chi connectivity index (χ2n) is 5.30. The molecule has 0 unspecified atom stereocenters. The van der Waals surface area contributed by atoms with Gasteiger partial charge < -0.3 is 14.0 Å². The van der Waals surface area contributed by atoms with Crippen LogP contribution in [-0.4, -0.2) is 21.9 Å². The standard InChI is InChI=1S/C18H18FN3O2S/c1-22-17(11-24-15-9-7-14(23-2)8-10-15)20-21-18(22)25-12-13-5-3-4-6-16(13)19/h3-10H,11-12H2,1-2H3. The number of hydrogen-bond acceptors (Lipinski definition) is 5. The van der Waals surface area contributed by atoms with Crippen molar-refractivity contribution in [2.45, 2.75) is 17.5 Å². The molecule has 3 rings (SSSR count). The van der Waals surface area contributed by atoms with Crippen LogP contribution in [0.15, 0.2) is 53.7 Å². The van der Waals surface area contributed by atoms with E-state index in [1.54, 1.807) is 19.2 Å². The van der Waals surface area contributed by atoms with Crippen LogP contribution in [0.25, 0.3) is 0 Å². The van der Waals surface area contributed by atoms with Gasteiger partial charge >= 0.3 is 0 Å². The van der Waals surface area contributed by atoms with Crippen LogP contribution in [0.3, 0.4) is 0 Å². The van der Waals surface area contributed by atoms with Crippen molar-refractivity contribution in [3.05, 3.63) is 65.7 Å². The van der Waals surface area contributed by atoms with Crippen LogP contribution >= 0.6 is 11.8 Å². The first kappa shape index (κ1) is 17.3. The Kier molecular flexibility index (Phi) is 5.55. The molecular weight excluding hydrogens is 341 g/mol. The first-order chi connectivity index (χ1) is 12.2.